The van der Waals surface area contributed by atoms with E-state index in [1.54, 1.807) is 6.08 Å². The van der Waals surface area contributed by atoms with E-state index < -0.39 is 0 Å². The largest absolute Gasteiger partial charge is 0.389 e. The van der Waals surface area contributed by atoms with E-state index in [2.05, 4.69) is 39.5 Å². The number of hydrogen-bond donors (Lipinski definition) is 1. The van der Waals surface area contributed by atoms with Crippen LogP contribution in [0.3, 0.4) is 0 Å². The van der Waals surface area contributed by atoms with Gasteiger partial charge >= 0.3 is 0 Å². The normalized spacial score (nSPS) is 25.8. The molecule has 0 heterocycles. The Morgan fingerprint density at radius 1 is 1.62 bits per heavy atom. The summed E-state index contributed by atoms with van der Waals surface area (Å²) in [4.78, 5) is 0. The third kappa shape index (κ3) is 3.08. The quantitative estimate of drug-likeness (QED) is 0.697. The van der Waals surface area contributed by atoms with Crippen molar-refractivity contribution in [2.24, 2.45) is 11.3 Å². The minimum absolute atomic E-state index is 0.313. The second kappa shape index (κ2) is 5.49. The van der Waals surface area contributed by atoms with Gasteiger partial charge < -0.3 is 5.11 Å². The van der Waals surface area contributed by atoms with Gasteiger partial charge in [0.05, 0.1) is 6.10 Å². The van der Waals surface area contributed by atoms with Crippen LogP contribution < -0.4 is 0 Å². The predicted molar refractivity (Wildman–Crippen MR) is 70.2 cm³/mol. The Morgan fingerprint density at radius 3 is 2.81 bits per heavy atom. The average Bonchev–Trinajstić information content (AvgIpc) is 2.45. The number of aliphatic hydroxyl groups excluding tert-OH is 1. The predicted octanol–water partition coefficient (Wildman–Crippen LogP) is 3.86. The third-order valence-corrected chi connectivity index (χ3v) is 3.93. The maximum absolute atomic E-state index is 9.53. The Kier molecular flexibility index (Phi) is 4.55. The molecule has 1 nitrogen and oxygen atoms in total. The molecular formula is C15H24O. The topological polar surface area (TPSA) is 20.2 Å². The van der Waals surface area contributed by atoms with Crippen molar-refractivity contribution in [3.63, 3.8) is 0 Å². The molecule has 1 N–H and O–H groups in total. The lowest BCUT2D eigenvalue weighted by atomic mass is 9.76. The SMILES string of the molecule is C=CCC(O)C=CCC1CC=C(C)C1(C)C. The molecule has 1 aliphatic carbocycles. The molecule has 0 aromatic rings. The second-order valence-electron chi connectivity index (χ2n) is 5.30. The third-order valence-electron chi connectivity index (χ3n) is 3.93. The van der Waals surface area contributed by atoms with Crippen molar-refractivity contribution in [1.82, 2.24) is 0 Å². The molecule has 16 heavy (non-hydrogen) atoms. The molecule has 90 valence electrons. The highest BCUT2D eigenvalue weighted by Crippen LogP contribution is 2.44. The van der Waals surface area contributed by atoms with E-state index >= 15 is 0 Å². The fourth-order valence-electron chi connectivity index (χ4n) is 2.24. The zero-order valence-electron chi connectivity index (χ0n) is 10.7. The van der Waals surface area contributed by atoms with Gasteiger partial charge in [0.15, 0.2) is 0 Å². The first-order chi connectivity index (χ1) is 7.48. The zero-order chi connectivity index (χ0) is 12.2. The van der Waals surface area contributed by atoms with E-state index in [4.69, 9.17) is 0 Å². The standard InChI is InChI=1S/C15H24O/c1-5-7-14(16)9-6-8-13-11-10-12(2)15(13,3)4/h5-6,9-10,13-14,16H,1,7-8,11H2,2-4H3. The summed E-state index contributed by atoms with van der Waals surface area (Å²) in [6, 6.07) is 0. The first-order valence-corrected chi connectivity index (χ1v) is 6.11. The molecule has 0 aromatic carbocycles. The van der Waals surface area contributed by atoms with Gasteiger partial charge in [-0.25, -0.2) is 0 Å². The van der Waals surface area contributed by atoms with E-state index in [-0.39, 0.29) is 6.10 Å². The Labute approximate surface area is 99.6 Å². The molecule has 0 amide bonds. The molecular weight excluding hydrogens is 196 g/mol. The van der Waals surface area contributed by atoms with Gasteiger partial charge in [-0.1, -0.05) is 43.7 Å². The van der Waals surface area contributed by atoms with E-state index in [9.17, 15) is 5.11 Å². The van der Waals surface area contributed by atoms with Crippen LogP contribution in [-0.4, -0.2) is 11.2 Å². The van der Waals surface area contributed by atoms with Crippen molar-refractivity contribution in [3.8, 4) is 0 Å². The van der Waals surface area contributed by atoms with Crippen molar-refractivity contribution in [1.29, 1.82) is 0 Å². The Hall–Kier alpha value is -0.820. The van der Waals surface area contributed by atoms with Crippen molar-refractivity contribution in [3.05, 3.63) is 36.5 Å². The molecule has 1 heteroatoms. The minimum Gasteiger partial charge on any atom is -0.389 e. The average molecular weight is 220 g/mol. The molecule has 0 radical (unpaired) electrons. The van der Waals surface area contributed by atoms with Crippen LogP contribution in [0.15, 0.2) is 36.5 Å². The van der Waals surface area contributed by atoms with Gasteiger partial charge in [0.25, 0.3) is 0 Å². The van der Waals surface area contributed by atoms with Crippen molar-refractivity contribution < 1.29 is 5.11 Å². The van der Waals surface area contributed by atoms with Crippen LogP contribution in [0.4, 0.5) is 0 Å². The van der Waals surface area contributed by atoms with Crippen LogP contribution in [0.25, 0.3) is 0 Å². The highest BCUT2D eigenvalue weighted by molar-refractivity contribution is 5.19. The lowest BCUT2D eigenvalue weighted by Gasteiger charge is -2.28. The fourth-order valence-corrected chi connectivity index (χ4v) is 2.24. The Balaban J connectivity index is 2.43. The van der Waals surface area contributed by atoms with Crippen LogP contribution in [0.1, 0.15) is 40.0 Å². The molecule has 1 rings (SSSR count). The summed E-state index contributed by atoms with van der Waals surface area (Å²) >= 11 is 0. The highest BCUT2D eigenvalue weighted by Gasteiger charge is 2.33. The monoisotopic (exact) mass is 220 g/mol. The molecule has 2 atom stereocenters. The molecule has 0 saturated carbocycles. The lowest BCUT2D eigenvalue weighted by Crippen LogP contribution is -2.19. The molecule has 0 saturated heterocycles. The molecule has 1 aliphatic rings. The van der Waals surface area contributed by atoms with Crippen LogP contribution in [-0.2, 0) is 0 Å². The summed E-state index contributed by atoms with van der Waals surface area (Å²) in [5.74, 6) is 0.680. The van der Waals surface area contributed by atoms with Crippen LogP contribution in [0.2, 0.25) is 0 Å². The maximum Gasteiger partial charge on any atom is 0.0755 e. The number of aliphatic hydroxyl groups is 1. The van der Waals surface area contributed by atoms with Gasteiger partial charge in [-0.15, -0.1) is 6.58 Å². The molecule has 0 spiro atoms. The summed E-state index contributed by atoms with van der Waals surface area (Å²) in [6.45, 7) is 10.5. The maximum atomic E-state index is 9.53. The minimum atomic E-state index is -0.365. The van der Waals surface area contributed by atoms with Crippen LogP contribution in [0.5, 0.6) is 0 Å². The Morgan fingerprint density at radius 2 is 2.31 bits per heavy atom. The molecule has 2 unspecified atom stereocenters. The number of hydrogen-bond acceptors (Lipinski definition) is 1. The summed E-state index contributed by atoms with van der Waals surface area (Å²) in [7, 11) is 0. The summed E-state index contributed by atoms with van der Waals surface area (Å²) < 4.78 is 0. The molecule has 0 bridgehead atoms. The summed E-state index contributed by atoms with van der Waals surface area (Å²) in [6.07, 6.45) is 10.6. The van der Waals surface area contributed by atoms with Gasteiger partial charge in [-0.05, 0) is 37.5 Å². The van der Waals surface area contributed by atoms with Gasteiger partial charge in [-0.2, -0.15) is 0 Å². The van der Waals surface area contributed by atoms with Crippen LogP contribution in [0, 0.1) is 11.3 Å². The number of allylic oxidation sites excluding steroid dienone is 3. The van der Waals surface area contributed by atoms with Gasteiger partial charge in [0.2, 0.25) is 0 Å². The van der Waals surface area contributed by atoms with E-state index in [0.717, 1.165) is 6.42 Å². The lowest BCUT2D eigenvalue weighted by molar-refractivity contribution is 0.225. The van der Waals surface area contributed by atoms with E-state index in [1.807, 2.05) is 6.08 Å². The van der Waals surface area contributed by atoms with Crippen molar-refractivity contribution >= 4 is 0 Å². The molecule has 0 aromatic heterocycles. The highest BCUT2D eigenvalue weighted by atomic mass is 16.3. The second-order valence-corrected chi connectivity index (χ2v) is 5.30. The smallest absolute Gasteiger partial charge is 0.0755 e. The number of rotatable bonds is 5. The summed E-state index contributed by atoms with van der Waals surface area (Å²) in [5.41, 5.74) is 1.81. The van der Waals surface area contributed by atoms with E-state index in [0.29, 0.717) is 17.8 Å². The first kappa shape index (κ1) is 13.2. The van der Waals surface area contributed by atoms with Gasteiger partial charge in [0, 0.05) is 0 Å². The summed E-state index contributed by atoms with van der Waals surface area (Å²) in [5, 5.41) is 9.53. The van der Waals surface area contributed by atoms with E-state index in [1.165, 1.54) is 12.0 Å². The van der Waals surface area contributed by atoms with Crippen molar-refractivity contribution in [2.75, 3.05) is 0 Å². The van der Waals surface area contributed by atoms with Crippen LogP contribution >= 0.6 is 0 Å². The van der Waals surface area contributed by atoms with Gasteiger partial charge in [0.1, 0.15) is 0 Å². The first-order valence-electron chi connectivity index (χ1n) is 6.11. The Bertz CT molecular complexity index is 297. The molecule has 0 fully saturated rings. The fraction of sp³-hybridized carbons (Fsp3) is 0.600. The zero-order valence-corrected chi connectivity index (χ0v) is 10.7. The van der Waals surface area contributed by atoms with Gasteiger partial charge in [-0.3, -0.25) is 0 Å². The molecule has 0 aliphatic heterocycles. The van der Waals surface area contributed by atoms with Crippen molar-refractivity contribution in [2.45, 2.75) is 46.1 Å².